The van der Waals surface area contributed by atoms with E-state index < -0.39 is 21.4 Å². The SMILES string of the molecule is COc1cnc(C(O)C(C)S(=O)(=O)Nc2nnc(-c3cccnc3)n2-c2c(OC)cccc2OC)cn1. The molecule has 0 saturated heterocycles. The molecule has 13 nitrogen and oxygen atoms in total. The van der Waals surface area contributed by atoms with E-state index in [1.165, 1.54) is 45.2 Å². The largest absolute Gasteiger partial charge is 0.494 e. The summed E-state index contributed by atoms with van der Waals surface area (Å²) in [6, 6.07) is 8.58. The summed E-state index contributed by atoms with van der Waals surface area (Å²) in [6.07, 6.45) is 4.21. The number of anilines is 1. The van der Waals surface area contributed by atoms with Crippen molar-refractivity contribution >= 4 is 16.0 Å². The van der Waals surface area contributed by atoms with Crippen LogP contribution < -0.4 is 18.9 Å². The average Bonchev–Trinajstić information content (AvgIpc) is 3.34. The number of hydrogen-bond donors (Lipinski definition) is 2. The molecular weight excluding hydrogens is 502 g/mol. The lowest BCUT2D eigenvalue weighted by Crippen LogP contribution is -2.32. The third kappa shape index (κ3) is 5.15. The lowest BCUT2D eigenvalue weighted by Gasteiger charge is -2.21. The van der Waals surface area contributed by atoms with Gasteiger partial charge in [0.1, 0.15) is 28.5 Å². The number of nitrogens with zero attached hydrogens (tertiary/aromatic N) is 6. The number of para-hydroxylation sites is 1. The van der Waals surface area contributed by atoms with Gasteiger partial charge < -0.3 is 19.3 Å². The molecule has 0 aliphatic carbocycles. The molecule has 0 saturated carbocycles. The monoisotopic (exact) mass is 527 g/mol. The molecule has 14 heteroatoms. The highest BCUT2D eigenvalue weighted by Crippen LogP contribution is 2.37. The molecule has 4 rings (SSSR count). The summed E-state index contributed by atoms with van der Waals surface area (Å²) in [5.74, 6) is 1.12. The van der Waals surface area contributed by atoms with Crippen molar-refractivity contribution in [3.63, 3.8) is 0 Å². The normalized spacial score (nSPS) is 13.0. The Morgan fingerprint density at radius 3 is 2.24 bits per heavy atom. The van der Waals surface area contributed by atoms with Crippen molar-refractivity contribution in [1.82, 2.24) is 29.7 Å². The standard InChI is InChI=1S/C23H25N7O6S/c1-14(21(31)16-12-26-19(36-4)13-25-16)37(32,33)29-23-28-27-22(15-7-6-10-24-11-15)30(23)20-17(34-2)8-5-9-18(20)35-3/h5-14,21,31H,1-4H3,(H,28,29). The van der Waals surface area contributed by atoms with Crippen molar-refractivity contribution in [2.45, 2.75) is 18.3 Å². The first-order valence-corrected chi connectivity index (χ1v) is 12.5. The van der Waals surface area contributed by atoms with E-state index in [0.29, 0.717) is 22.7 Å². The van der Waals surface area contributed by atoms with Crippen LogP contribution in [0.1, 0.15) is 18.7 Å². The summed E-state index contributed by atoms with van der Waals surface area (Å²) in [6.45, 7) is 1.34. The van der Waals surface area contributed by atoms with E-state index in [0.717, 1.165) is 0 Å². The smallest absolute Gasteiger partial charge is 0.243 e. The minimum Gasteiger partial charge on any atom is -0.494 e. The van der Waals surface area contributed by atoms with Crippen molar-refractivity contribution in [1.29, 1.82) is 0 Å². The van der Waals surface area contributed by atoms with Gasteiger partial charge in [-0.05, 0) is 31.2 Å². The Labute approximate surface area is 213 Å². The quantitative estimate of drug-likeness (QED) is 0.310. The number of ether oxygens (including phenoxy) is 3. The Morgan fingerprint density at radius 2 is 1.68 bits per heavy atom. The van der Waals surface area contributed by atoms with E-state index in [1.807, 2.05) is 0 Å². The lowest BCUT2D eigenvalue weighted by atomic mass is 10.2. The fraction of sp³-hybridized carbons (Fsp3) is 0.261. The highest BCUT2D eigenvalue weighted by molar-refractivity contribution is 7.93. The molecule has 1 aromatic carbocycles. The van der Waals surface area contributed by atoms with Gasteiger partial charge in [0.2, 0.25) is 21.9 Å². The highest BCUT2D eigenvalue weighted by Gasteiger charge is 2.33. The molecule has 0 fully saturated rings. The molecule has 2 atom stereocenters. The van der Waals surface area contributed by atoms with E-state index in [2.05, 4.69) is 29.9 Å². The summed E-state index contributed by atoms with van der Waals surface area (Å²) in [5, 5.41) is 17.7. The molecule has 0 radical (unpaired) electrons. The molecule has 0 aliphatic heterocycles. The molecule has 3 aromatic heterocycles. The van der Waals surface area contributed by atoms with Gasteiger partial charge in [-0.15, -0.1) is 10.2 Å². The summed E-state index contributed by atoms with van der Waals surface area (Å²) in [4.78, 5) is 12.1. The minimum atomic E-state index is -4.23. The van der Waals surface area contributed by atoms with Gasteiger partial charge in [-0.2, -0.15) is 0 Å². The second-order valence-electron chi connectivity index (χ2n) is 7.72. The van der Waals surface area contributed by atoms with Gasteiger partial charge in [-0.1, -0.05) is 6.07 Å². The van der Waals surface area contributed by atoms with Crippen molar-refractivity contribution in [3.05, 3.63) is 60.8 Å². The molecule has 3 heterocycles. The van der Waals surface area contributed by atoms with Crippen LogP contribution in [0.25, 0.3) is 17.1 Å². The summed E-state index contributed by atoms with van der Waals surface area (Å²) >= 11 is 0. The molecule has 0 bridgehead atoms. The number of aromatic nitrogens is 6. The van der Waals surface area contributed by atoms with Crippen LogP contribution >= 0.6 is 0 Å². The van der Waals surface area contributed by atoms with Crippen LogP contribution in [-0.4, -0.2) is 69.8 Å². The molecule has 0 aliphatic rings. The van der Waals surface area contributed by atoms with Gasteiger partial charge in [0.05, 0.1) is 39.4 Å². The van der Waals surface area contributed by atoms with Gasteiger partial charge in [0.25, 0.3) is 0 Å². The van der Waals surface area contributed by atoms with E-state index >= 15 is 0 Å². The second-order valence-corrected chi connectivity index (χ2v) is 9.75. The van der Waals surface area contributed by atoms with Gasteiger partial charge in [0.15, 0.2) is 5.82 Å². The maximum absolute atomic E-state index is 13.4. The predicted octanol–water partition coefficient (Wildman–Crippen LogP) is 2.01. The third-order valence-electron chi connectivity index (χ3n) is 5.54. The van der Waals surface area contributed by atoms with E-state index in [-0.39, 0.29) is 23.3 Å². The second kappa shape index (κ2) is 10.8. The third-order valence-corrected chi connectivity index (χ3v) is 7.24. The Balaban J connectivity index is 1.79. The number of sulfonamides is 1. The van der Waals surface area contributed by atoms with Gasteiger partial charge in [-0.25, -0.2) is 13.4 Å². The molecule has 4 aromatic rings. The Bertz CT molecular complexity index is 1440. The van der Waals surface area contributed by atoms with Gasteiger partial charge in [0, 0.05) is 18.0 Å². The number of aliphatic hydroxyl groups excluding tert-OH is 1. The topological polar surface area (TPSA) is 163 Å². The summed E-state index contributed by atoms with van der Waals surface area (Å²) in [7, 11) is 0.139. The lowest BCUT2D eigenvalue weighted by molar-refractivity contribution is 0.170. The van der Waals surface area contributed by atoms with Crippen LogP contribution in [0.5, 0.6) is 17.4 Å². The molecule has 0 spiro atoms. The number of methoxy groups -OCH3 is 3. The van der Waals surface area contributed by atoms with Crippen LogP contribution in [0.3, 0.4) is 0 Å². The van der Waals surface area contributed by atoms with Crippen LogP contribution in [-0.2, 0) is 10.0 Å². The number of rotatable bonds is 10. The Hall–Kier alpha value is -4.30. The molecule has 0 amide bonds. The molecule has 2 N–H and O–H groups in total. The predicted molar refractivity (Wildman–Crippen MR) is 133 cm³/mol. The molecule has 194 valence electrons. The van der Waals surface area contributed by atoms with E-state index in [4.69, 9.17) is 14.2 Å². The first-order chi connectivity index (χ1) is 17.8. The number of aliphatic hydroxyl groups is 1. The first kappa shape index (κ1) is 25.8. The van der Waals surface area contributed by atoms with E-state index in [1.54, 1.807) is 42.7 Å². The maximum Gasteiger partial charge on any atom is 0.243 e. The number of benzene rings is 1. The van der Waals surface area contributed by atoms with Crippen molar-refractivity contribution in [2.75, 3.05) is 26.1 Å². The van der Waals surface area contributed by atoms with Crippen LogP contribution in [0.15, 0.2) is 55.1 Å². The fourth-order valence-electron chi connectivity index (χ4n) is 3.51. The zero-order valence-electron chi connectivity index (χ0n) is 20.4. The van der Waals surface area contributed by atoms with Crippen LogP contribution in [0.4, 0.5) is 5.95 Å². The van der Waals surface area contributed by atoms with Crippen molar-refractivity contribution in [3.8, 4) is 34.5 Å². The average molecular weight is 528 g/mol. The highest BCUT2D eigenvalue weighted by atomic mass is 32.2. The number of nitrogens with one attached hydrogen (secondary N) is 1. The molecular formula is C23H25N7O6S. The van der Waals surface area contributed by atoms with E-state index in [9.17, 15) is 13.5 Å². The zero-order valence-corrected chi connectivity index (χ0v) is 21.2. The fourth-order valence-corrected chi connectivity index (χ4v) is 4.56. The van der Waals surface area contributed by atoms with Gasteiger partial charge >= 0.3 is 0 Å². The van der Waals surface area contributed by atoms with Crippen LogP contribution in [0, 0.1) is 0 Å². The molecule has 2 unspecified atom stereocenters. The maximum atomic E-state index is 13.4. The number of hydrogen-bond acceptors (Lipinski definition) is 11. The van der Waals surface area contributed by atoms with Gasteiger partial charge in [-0.3, -0.25) is 19.3 Å². The first-order valence-electron chi connectivity index (χ1n) is 10.9. The summed E-state index contributed by atoms with van der Waals surface area (Å²) in [5.41, 5.74) is 0.987. The summed E-state index contributed by atoms with van der Waals surface area (Å²) < 4.78 is 46.7. The van der Waals surface area contributed by atoms with Crippen LogP contribution in [0.2, 0.25) is 0 Å². The Kier molecular flexibility index (Phi) is 7.50. The van der Waals surface area contributed by atoms with Crippen molar-refractivity contribution < 1.29 is 27.7 Å². The number of pyridine rings is 1. The zero-order chi connectivity index (χ0) is 26.6. The minimum absolute atomic E-state index is 0.0580. The Morgan fingerprint density at radius 1 is 0.946 bits per heavy atom. The molecule has 37 heavy (non-hydrogen) atoms. The van der Waals surface area contributed by atoms with Crippen molar-refractivity contribution in [2.24, 2.45) is 0 Å².